The summed E-state index contributed by atoms with van der Waals surface area (Å²) in [6.07, 6.45) is 0. The van der Waals surface area contributed by atoms with Gasteiger partial charge in [-0.05, 0) is 75.6 Å². The van der Waals surface area contributed by atoms with Crippen molar-refractivity contribution in [1.29, 1.82) is 0 Å². The summed E-state index contributed by atoms with van der Waals surface area (Å²) in [7, 11) is -3.70. The standard InChI is InChI=1S/C19H22N2O3S2/c1-11(2)21-16-7-6-15(10-17(16)25-19(21)22)20-26(23,24)18-9-13(4)12(3)8-14(18)5/h6-11,20H,1-5H3. The second kappa shape index (κ2) is 6.55. The maximum absolute atomic E-state index is 12.8. The molecule has 0 unspecified atom stereocenters. The van der Waals surface area contributed by atoms with Crippen LogP contribution in [0.5, 0.6) is 0 Å². The number of thiazole rings is 1. The van der Waals surface area contributed by atoms with Crippen LogP contribution in [0.15, 0.2) is 40.0 Å². The first-order valence-corrected chi connectivity index (χ1v) is 10.7. The van der Waals surface area contributed by atoms with E-state index in [2.05, 4.69) is 4.72 Å². The van der Waals surface area contributed by atoms with Crippen molar-refractivity contribution in [3.05, 3.63) is 56.7 Å². The number of aromatic nitrogens is 1. The highest BCUT2D eigenvalue weighted by atomic mass is 32.2. The molecule has 0 saturated heterocycles. The van der Waals surface area contributed by atoms with E-state index in [4.69, 9.17) is 0 Å². The predicted octanol–water partition coefficient (Wildman–Crippen LogP) is 4.37. The molecule has 3 rings (SSSR count). The molecule has 1 aromatic heterocycles. The van der Waals surface area contributed by atoms with Crippen LogP contribution in [0.2, 0.25) is 0 Å². The number of aryl methyl sites for hydroxylation is 3. The van der Waals surface area contributed by atoms with Gasteiger partial charge in [0.2, 0.25) is 0 Å². The summed E-state index contributed by atoms with van der Waals surface area (Å²) in [5.74, 6) is 0. The topological polar surface area (TPSA) is 68.2 Å². The van der Waals surface area contributed by atoms with Crippen molar-refractivity contribution in [3.8, 4) is 0 Å². The minimum atomic E-state index is -3.70. The molecule has 7 heteroatoms. The van der Waals surface area contributed by atoms with Crippen molar-refractivity contribution in [1.82, 2.24) is 4.57 Å². The molecule has 0 spiro atoms. The van der Waals surface area contributed by atoms with E-state index in [1.807, 2.05) is 33.8 Å². The normalized spacial score (nSPS) is 12.1. The quantitative estimate of drug-likeness (QED) is 0.719. The first kappa shape index (κ1) is 18.7. The molecule has 0 saturated carbocycles. The number of rotatable bonds is 4. The fourth-order valence-electron chi connectivity index (χ4n) is 3.02. The van der Waals surface area contributed by atoms with Crippen LogP contribution >= 0.6 is 11.3 Å². The zero-order valence-electron chi connectivity index (χ0n) is 15.5. The van der Waals surface area contributed by atoms with Gasteiger partial charge < -0.3 is 0 Å². The highest BCUT2D eigenvalue weighted by Crippen LogP contribution is 2.27. The molecule has 26 heavy (non-hydrogen) atoms. The van der Waals surface area contributed by atoms with Gasteiger partial charge in [-0.1, -0.05) is 17.4 Å². The van der Waals surface area contributed by atoms with Gasteiger partial charge in [-0.25, -0.2) is 8.42 Å². The summed E-state index contributed by atoms with van der Waals surface area (Å²) in [5, 5.41) is 0. The number of sulfonamides is 1. The lowest BCUT2D eigenvalue weighted by Crippen LogP contribution is -2.15. The Morgan fingerprint density at radius 2 is 1.65 bits per heavy atom. The summed E-state index contributed by atoms with van der Waals surface area (Å²) in [6, 6.07) is 8.83. The first-order valence-electron chi connectivity index (χ1n) is 8.36. The highest BCUT2D eigenvalue weighted by Gasteiger charge is 2.19. The Bertz CT molecular complexity index is 1160. The van der Waals surface area contributed by atoms with E-state index in [0.717, 1.165) is 32.7 Å². The van der Waals surface area contributed by atoms with Gasteiger partial charge in [-0.15, -0.1) is 0 Å². The summed E-state index contributed by atoms with van der Waals surface area (Å²) >= 11 is 1.12. The molecule has 2 aromatic carbocycles. The molecule has 0 aliphatic heterocycles. The van der Waals surface area contributed by atoms with Crippen LogP contribution in [0.25, 0.3) is 10.2 Å². The Kier molecular flexibility index (Phi) is 4.71. The highest BCUT2D eigenvalue weighted by molar-refractivity contribution is 7.92. The summed E-state index contributed by atoms with van der Waals surface area (Å²) in [6.45, 7) is 9.55. The van der Waals surface area contributed by atoms with E-state index < -0.39 is 10.0 Å². The molecule has 5 nitrogen and oxygen atoms in total. The van der Waals surface area contributed by atoms with Gasteiger partial charge in [0.1, 0.15) is 0 Å². The van der Waals surface area contributed by atoms with Crippen molar-refractivity contribution < 1.29 is 8.42 Å². The van der Waals surface area contributed by atoms with Crippen LogP contribution in [-0.2, 0) is 10.0 Å². The molecule has 0 aliphatic carbocycles. The predicted molar refractivity (Wildman–Crippen MR) is 108 cm³/mol. The van der Waals surface area contributed by atoms with Gasteiger partial charge in [0.25, 0.3) is 10.0 Å². The Labute approximate surface area is 157 Å². The largest absolute Gasteiger partial charge is 0.308 e. The molecule has 138 valence electrons. The maximum Gasteiger partial charge on any atom is 0.308 e. The summed E-state index contributed by atoms with van der Waals surface area (Å²) in [4.78, 5) is 12.4. The van der Waals surface area contributed by atoms with Gasteiger partial charge in [0.05, 0.1) is 20.8 Å². The van der Waals surface area contributed by atoms with Crippen molar-refractivity contribution >= 4 is 37.3 Å². The smallest absolute Gasteiger partial charge is 0.296 e. The number of nitrogens with zero attached hydrogens (tertiary/aromatic N) is 1. The van der Waals surface area contributed by atoms with E-state index in [1.165, 1.54) is 0 Å². The van der Waals surface area contributed by atoms with Crippen LogP contribution in [-0.4, -0.2) is 13.0 Å². The van der Waals surface area contributed by atoms with E-state index >= 15 is 0 Å². The Hall–Kier alpha value is -2.12. The van der Waals surface area contributed by atoms with Crippen LogP contribution in [0.4, 0.5) is 5.69 Å². The van der Waals surface area contributed by atoms with E-state index in [1.54, 1.807) is 35.8 Å². The average molecular weight is 391 g/mol. The number of benzene rings is 2. The number of hydrogen-bond acceptors (Lipinski definition) is 4. The van der Waals surface area contributed by atoms with E-state index in [0.29, 0.717) is 11.3 Å². The number of fused-ring (bicyclic) bond motifs is 1. The minimum Gasteiger partial charge on any atom is -0.296 e. The van der Waals surface area contributed by atoms with Crippen LogP contribution in [0.1, 0.15) is 36.6 Å². The van der Waals surface area contributed by atoms with Crippen molar-refractivity contribution in [3.63, 3.8) is 0 Å². The van der Waals surface area contributed by atoms with Gasteiger partial charge in [0.15, 0.2) is 0 Å². The second-order valence-electron chi connectivity index (χ2n) is 6.82. The average Bonchev–Trinajstić information content (AvgIpc) is 2.85. The number of nitrogens with one attached hydrogen (secondary N) is 1. The zero-order valence-corrected chi connectivity index (χ0v) is 17.1. The first-order chi connectivity index (χ1) is 12.1. The molecule has 0 amide bonds. The molecular formula is C19H22N2O3S2. The van der Waals surface area contributed by atoms with E-state index in [-0.39, 0.29) is 15.8 Å². The molecular weight excluding hydrogens is 368 g/mol. The van der Waals surface area contributed by atoms with Gasteiger partial charge in [-0.3, -0.25) is 14.1 Å². The monoisotopic (exact) mass is 390 g/mol. The molecule has 0 bridgehead atoms. The van der Waals surface area contributed by atoms with Crippen LogP contribution in [0, 0.1) is 20.8 Å². The fraction of sp³-hybridized carbons (Fsp3) is 0.316. The van der Waals surface area contributed by atoms with Crippen LogP contribution in [0.3, 0.4) is 0 Å². The minimum absolute atomic E-state index is 0.0417. The molecule has 0 atom stereocenters. The zero-order chi connectivity index (χ0) is 19.2. The fourth-order valence-corrected chi connectivity index (χ4v) is 5.44. The van der Waals surface area contributed by atoms with Crippen molar-refractivity contribution in [2.45, 2.75) is 45.6 Å². The van der Waals surface area contributed by atoms with Crippen molar-refractivity contribution in [2.75, 3.05) is 4.72 Å². The van der Waals surface area contributed by atoms with Gasteiger partial charge in [0, 0.05) is 6.04 Å². The Morgan fingerprint density at radius 1 is 1.00 bits per heavy atom. The Balaban J connectivity index is 2.03. The third-order valence-corrected chi connectivity index (χ3v) is 6.90. The number of anilines is 1. The molecule has 0 fully saturated rings. The third kappa shape index (κ3) is 3.29. The Morgan fingerprint density at radius 3 is 2.31 bits per heavy atom. The second-order valence-corrected chi connectivity index (χ2v) is 9.47. The molecule has 0 aliphatic rings. The van der Waals surface area contributed by atoms with Gasteiger partial charge >= 0.3 is 4.87 Å². The third-order valence-electron chi connectivity index (χ3n) is 4.46. The molecule has 1 heterocycles. The summed E-state index contributed by atoms with van der Waals surface area (Å²) in [5.41, 5.74) is 3.96. The lowest BCUT2D eigenvalue weighted by atomic mass is 10.1. The lowest BCUT2D eigenvalue weighted by Gasteiger charge is -2.13. The van der Waals surface area contributed by atoms with Gasteiger partial charge in [-0.2, -0.15) is 0 Å². The molecule has 0 radical (unpaired) electrons. The lowest BCUT2D eigenvalue weighted by molar-refractivity contribution is 0.600. The SMILES string of the molecule is Cc1cc(C)c(S(=O)(=O)Nc2ccc3c(c2)sc(=O)n3C(C)C)cc1C. The molecule has 3 aromatic rings. The van der Waals surface area contributed by atoms with E-state index in [9.17, 15) is 13.2 Å². The van der Waals surface area contributed by atoms with Crippen molar-refractivity contribution in [2.24, 2.45) is 0 Å². The number of hydrogen-bond donors (Lipinski definition) is 1. The maximum atomic E-state index is 12.8. The summed E-state index contributed by atoms with van der Waals surface area (Å²) < 4.78 is 30.8. The van der Waals surface area contributed by atoms with Crippen LogP contribution < -0.4 is 9.60 Å². The molecule has 1 N–H and O–H groups in total.